The third-order valence-electron chi connectivity index (χ3n) is 2.22. The third-order valence-corrected chi connectivity index (χ3v) is 3.03. The highest BCUT2D eigenvalue weighted by Crippen LogP contribution is 2.09. The van der Waals surface area contributed by atoms with Gasteiger partial charge in [-0.1, -0.05) is 0 Å². The predicted octanol–water partition coefficient (Wildman–Crippen LogP) is 1.38. The Morgan fingerprint density at radius 3 is 2.32 bits per heavy atom. The van der Waals surface area contributed by atoms with E-state index < -0.39 is 16.4 Å². The van der Waals surface area contributed by atoms with E-state index in [9.17, 15) is 13.8 Å². The molecule has 19 heavy (non-hydrogen) atoms. The molecule has 0 spiro atoms. The fourth-order valence-electron chi connectivity index (χ4n) is 1.37. The Kier molecular flexibility index (Phi) is 7.90. The first-order chi connectivity index (χ1) is 8.60. The molecule has 6 heteroatoms. The van der Waals surface area contributed by atoms with Crippen molar-refractivity contribution in [2.24, 2.45) is 0 Å². The summed E-state index contributed by atoms with van der Waals surface area (Å²) in [5.41, 5.74) is -0.522. The molecule has 0 aliphatic rings. The molecule has 0 radical (unpaired) electrons. The lowest BCUT2D eigenvalue weighted by Gasteiger charge is -2.19. The Labute approximate surface area is 117 Å². The zero-order valence-electron chi connectivity index (χ0n) is 12.4. The molecule has 2 unspecified atom stereocenters. The van der Waals surface area contributed by atoms with Crippen LogP contribution >= 0.6 is 0 Å². The van der Waals surface area contributed by atoms with E-state index in [1.165, 1.54) is 0 Å². The Bertz CT molecular complexity index is 336. The van der Waals surface area contributed by atoms with Gasteiger partial charge in [-0.05, 0) is 34.1 Å². The molecular formula is C13H25NO4S. The van der Waals surface area contributed by atoms with Crippen LogP contribution in [0.15, 0.2) is 0 Å². The molecule has 0 aromatic rings. The van der Waals surface area contributed by atoms with Crippen LogP contribution in [0.25, 0.3) is 0 Å². The number of ether oxygens (including phenoxy) is 1. The summed E-state index contributed by atoms with van der Waals surface area (Å²) in [7, 11) is -0.849. The van der Waals surface area contributed by atoms with Gasteiger partial charge in [0, 0.05) is 35.3 Å². The molecule has 5 nitrogen and oxygen atoms in total. The van der Waals surface area contributed by atoms with Gasteiger partial charge in [-0.3, -0.25) is 13.8 Å². The Hall–Kier alpha value is -0.910. The second kappa shape index (κ2) is 8.30. The number of carbonyl (C=O) groups is 2. The highest BCUT2D eigenvalue weighted by molar-refractivity contribution is 7.84. The molecule has 0 fully saturated rings. The molecule has 1 N–H and O–H groups in total. The van der Waals surface area contributed by atoms with E-state index in [0.717, 1.165) is 0 Å². The van der Waals surface area contributed by atoms with Gasteiger partial charge < -0.3 is 10.1 Å². The lowest BCUT2D eigenvalue weighted by molar-refractivity contribution is -0.155. The van der Waals surface area contributed by atoms with Gasteiger partial charge in [0.2, 0.25) is 5.91 Å². The SMILES string of the molecule is CC(CCS(C)=O)NC(=O)CCC(=O)OC(C)(C)C. The van der Waals surface area contributed by atoms with Crippen molar-refractivity contribution < 1.29 is 18.5 Å². The van der Waals surface area contributed by atoms with Gasteiger partial charge >= 0.3 is 5.97 Å². The number of esters is 1. The van der Waals surface area contributed by atoms with Gasteiger partial charge in [-0.15, -0.1) is 0 Å². The maximum Gasteiger partial charge on any atom is 0.306 e. The molecule has 0 aliphatic carbocycles. The van der Waals surface area contributed by atoms with Gasteiger partial charge in [0.15, 0.2) is 0 Å². The molecule has 0 heterocycles. The van der Waals surface area contributed by atoms with Gasteiger partial charge in [0.05, 0.1) is 6.42 Å². The van der Waals surface area contributed by atoms with Gasteiger partial charge in [0.25, 0.3) is 0 Å². The van der Waals surface area contributed by atoms with E-state index in [-0.39, 0.29) is 30.8 Å². The lowest BCUT2D eigenvalue weighted by atomic mass is 10.2. The highest BCUT2D eigenvalue weighted by Gasteiger charge is 2.17. The molecule has 0 aromatic heterocycles. The second-order valence-electron chi connectivity index (χ2n) is 5.62. The molecule has 0 saturated carbocycles. The van der Waals surface area contributed by atoms with Crippen LogP contribution < -0.4 is 5.32 Å². The number of hydrogen-bond acceptors (Lipinski definition) is 4. The van der Waals surface area contributed by atoms with Crippen molar-refractivity contribution >= 4 is 22.7 Å². The minimum absolute atomic E-state index is 0.0324. The Balaban J connectivity index is 3.86. The number of carbonyl (C=O) groups excluding carboxylic acids is 2. The average molecular weight is 291 g/mol. The summed E-state index contributed by atoms with van der Waals surface area (Å²) >= 11 is 0. The van der Waals surface area contributed by atoms with Crippen LogP contribution in [0.2, 0.25) is 0 Å². The normalized spacial score (nSPS) is 14.6. The van der Waals surface area contributed by atoms with E-state index in [1.807, 2.05) is 6.92 Å². The molecule has 0 aliphatic heterocycles. The summed E-state index contributed by atoms with van der Waals surface area (Å²) in [6.07, 6.45) is 2.50. The maximum absolute atomic E-state index is 11.6. The summed E-state index contributed by atoms with van der Waals surface area (Å²) in [6, 6.07) is -0.0324. The Morgan fingerprint density at radius 2 is 1.84 bits per heavy atom. The number of rotatable bonds is 7. The summed E-state index contributed by atoms with van der Waals surface area (Å²) < 4.78 is 16.0. The number of hydrogen-bond donors (Lipinski definition) is 1. The zero-order chi connectivity index (χ0) is 15.1. The molecule has 1 amide bonds. The van der Waals surface area contributed by atoms with Gasteiger partial charge in [0.1, 0.15) is 5.60 Å². The van der Waals surface area contributed by atoms with E-state index in [1.54, 1.807) is 27.0 Å². The fraction of sp³-hybridized carbons (Fsp3) is 0.846. The summed E-state index contributed by atoms with van der Waals surface area (Å²) in [5.74, 6) is 0.0123. The summed E-state index contributed by atoms with van der Waals surface area (Å²) in [5, 5.41) is 2.77. The molecule has 0 saturated heterocycles. The molecular weight excluding hydrogens is 266 g/mol. The minimum Gasteiger partial charge on any atom is -0.460 e. The van der Waals surface area contributed by atoms with Crippen molar-refractivity contribution in [3.05, 3.63) is 0 Å². The number of amides is 1. The Morgan fingerprint density at radius 1 is 1.26 bits per heavy atom. The van der Waals surface area contributed by atoms with Crippen molar-refractivity contribution in [1.29, 1.82) is 0 Å². The maximum atomic E-state index is 11.6. The second-order valence-corrected chi connectivity index (χ2v) is 7.18. The highest BCUT2D eigenvalue weighted by atomic mass is 32.2. The van der Waals surface area contributed by atoms with Crippen LogP contribution in [0.4, 0.5) is 0 Å². The first-order valence-corrected chi connectivity index (χ1v) is 8.14. The van der Waals surface area contributed by atoms with Crippen LogP contribution in [0, 0.1) is 0 Å². The first kappa shape index (κ1) is 18.1. The van der Waals surface area contributed by atoms with E-state index in [2.05, 4.69) is 5.32 Å². The van der Waals surface area contributed by atoms with Crippen LogP contribution in [-0.4, -0.2) is 39.7 Å². The van der Waals surface area contributed by atoms with E-state index in [0.29, 0.717) is 12.2 Å². The average Bonchev–Trinajstić information content (AvgIpc) is 2.21. The number of nitrogens with one attached hydrogen (secondary N) is 1. The molecule has 0 rings (SSSR count). The van der Waals surface area contributed by atoms with Crippen LogP contribution in [0.3, 0.4) is 0 Å². The van der Waals surface area contributed by atoms with Crippen LogP contribution in [0.5, 0.6) is 0 Å². The lowest BCUT2D eigenvalue weighted by Crippen LogP contribution is -2.34. The van der Waals surface area contributed by atoms with Crippen molar-refractivity contribution in [2.75, 3.05) is 12.0 Å². The van der Waals surface area contributed by atoms with Crippen LogP contribution in [0.1, 0.15) is 47.0 Å². The predicted molar refractivity (Wildman–Crippen MR) is 76.2 cm³/mol. The van der Waals surface area contributed by atoms with Crippen molar-refractivity contribution in [3.8, 4) is 0 Å². The summed E-state index contributed by atoms with van der Waals surface area (Å²) in [6.45, 7) is 7.23. The van der Waals surface area contributed by atoms with E-state index in [4.69, 9.17) is 4.74 Å². The fourth-order valence-corrected chi connectivity index (χ4v) is 2.06. The monoisotopic (exact) mass is 291 g/mol. The standard InChI is InChI=1S/C13H25NO4S/c1-10(8-9-19(5)17)14-11(15)6-7-12(16)18-13(2,3)4/h10H,6-9H2,1-5H3,(H,14,15). The molecule has 0 bridgehead atoms. The smallest absolute Gasteiger partial charge is 0.306 e. The van der Waals surface area contributed by atoms with Crippen molar-refractivity contribution in [3.63, 3.8) is 0 Å². The van der Waals surface area contributed by atoms with E-state index >= 15 is 0 Å². The zero-order valence-corrected chi connectivity index (χ0v) is 13.3. The first-order valence-electron chi connectivity index (χ1n) is 6.41. The molecule has 0 aromatic carbocycles. The summed E-state index contributed by atoms with van der Waals surface area (Å²) in [4.78, 5) is 23.0. The molecule has 2 atom stereocenters. The van der Waals surface area contributed by atoms with Crippen LogP contribution in [-0.2, 0) is 25.1 Å². The molecule has 112 valence electrons. The topological polar surface area (TPSA) is 72.5 Å². The largest absolute Gasteiger partial charge is 0.460 e. The minimum atomic E-state index is -0.849. The van der Waals surface area contributed by atoms with Crippen molar-refractivity contribution in [2.45, 2.75) is 58.6 Å². The third kappa shape index (κ3) is 11.9. The van der Waals surface area contributed by atoms with Gasteiger partial charge in [-0.2, -0.15) is 0 Å². The van der Waals surface area contributed by atoms with Crippen molar-refractivity contribution in [1.82, 2.24) is 5.32 Å². The van der Waals surface area contributed by atoms with Gasteiger partial charge in [-0.25, -0.2) is 0 Å². The quantitative estimate of drug-likeness (QED) is 0.719.